The molecule has 0 heterocycles. The maximum absolute atomic E-state index is 5.80. The molecule has 2 aromatic carbocycles. The van der Waals surface area contributed by atoms with Crippen molar-refractivity contribution in [3.63, 3.8) is 0 Å². The summed E-state index contributed by atoms with van der Waals surface area (Å²) in [4.78, 5) is 0. The van der Waals surface area contributed by atoms with Gasteiger partial charge in [-0.05, 0) is 53.4 Å². The minimum atomic E-state index is 0.298. The molecule has 0 aliphatic heterocycles. The first kappa shape index (κ1) is 14.8. The van der Waals surface area contributed by atoms with Crippen LogP contribution in [-0.2, 0) is 10.2 Å². The summed E-state index contributed by atoms with van der Waals surface area (Å²) in [6.45, 7) is 8.57. The van der Waals surface area contributed by atoms with Crippen molar-refractivity contribution in [1.82, 2.24) is 0 Å². The van der Waals surface area contributed by atoms with Gasteiger partial charge in [-0.15, -0.1) is 0 Å². The third kappa shape index (κ3) is 2.06. The van der Waals surface area contributed by atoms with E-state index in [9.17, 15) is 0 Å². The molecule has 2 bridgehead atoms. The van der Waals surface area contributed by atoms with Crippen molar-refractivity contribution < 1.29 is 4.74 Å². The molecule has 0 amide bonds. The SMILES string of the molecule is C=COC1CC2CC1CC2(c1cccc2ccccc12)C(C)C. The number of hydrogen-bond donors (Lipinski definition) is 0. The third-order valence-electron chi connectivity index (χ3n) is 6.55. The minimum absolute atomic E-state index is 0.298. The highest BCUT2D eigenvalue weighted by molar-refractivity contribution is 5.86. The highest BCUT2D eigenvalue weighted by Crippen LogP contribution is 2.61. The van der Waals surface area contributed by atoms with Gasteiger partial charge in [0, 0.05) is 5.41 Å². The highest BCUT2D eigenvalue weighted by Gasteiger charge is 2.57. The number of ether oxygens (including phenoxy) is 1. The zero-order chi connectivity index (χ0) is 16.0. The summed E-state index contributed by atoms with van der Waals surface area (Å²) < 4.78 is 5.80. The van der Waals surface area contributed by atoms with E-state index in [1.54, 1.807) is 11.8 Å². The highest BCUT2D eigenvalue weighted by atomic mass is 16.5. The van der Waals surface area contributed by atoms with Crippen LogP contribution in [-0.4, -0.2) is 6.10 Å². The van der Waals surface area contributed by atoms with E-state index < -0.39 is 0 Å². The first-order chi connectivity index (χ1) is 11.2. The lowest BCUT2D eigenvalue weighted by molar-refractivity contribution is 0.0536. The molecule has 2 saturated carbocycles. The van der Waals surface area contributed by atoms with E-state index in [4.69, 9.17) is 4.74 Å². The molecular formula is C22H26O. The van der Waals surface area contributed by atoms with Crippen LogP contribution in [0.15, 0.2) is 55.3 Å². The fourth-order valence-corrected chi connectivity index (χ4v) is 5.59. The molecule has 2 aliphatic rings. The summed E-state index contributed by atoms with van der Waals surface area (Å²) in [5.74, 6) is 2.05. The normalized spacial score (nSPS) is 32.6. The summed E-state index contributed by atoms with van der Waals surface area (Å²) in [6, 6.07) is 15.7. The average Bonchev–Trinajstić information content (AvgIpc) is 3.13. The van der Waals surface area contributed by atoms with Crippen molar-refractivity contribution in [1.29, 1.82) is 0 Å². The van der Waals surface area contributed by atoms with E-state index >= 15 is 0 Å². The summed E-state index contributed by atoms with van der Waals surface area (Å²) in [5.41, 5.74) is 1.86. The molecule has 23 heavy (non-hydrogen) atoms. The predicted octanol–water partition coefficient (Wildman–Crippen LogP) is 5.69. The number of hydrogen-bond acceptors (Lipinski definition) is 1. The van der Waals surface area contributed by atoms with E-state index in [-0.39, 0.29) is 0 Å². The fraction of sp³-hybridized carbons (Fsp3) is 0.455. The van der Waals surface area contributed by atoms with Crippen molar-refractivity contribution in [3.8, 4) is 0 Å². The van der Waals surface area contributed by atoms with Crippen LogP contribution >= 0.6 is 0 Å². The third-order valence-corrected chi connectivity index (χ3v) is 6.55. The first-order valence-electron chi connectivity index (χ1n) is 8.91. The Balaban J connectivity index is 1.83. The van der Waals surface area contributed by atoms with Crippen molar-refractivity contribution in [3.05, 3.63) is 60.9 Å². The van der Waals surface area contributed by atoms with Crippen LogP contribution in [0.2, 0.25) is 0 Å². The Morgan fingerprint density at radius 2 is 1.91 bits per heavy atom. The number of fused-ring (bicyclic) bond motifs is 3. The molecule has 2 aromatic rings. The van der Waals surface area contributed by atoms with Gasteiger partial charge in [0.15, 0.2) is 0 Å². The molecule has 0 aromatic heterocycles. The molecule has 4 rings (SSSR count). The van der Waals surface area contributed by atoms with Crippen LogP contribution in [0.3, 0.4) is 0 Å². The number of rotatable bonds is 4. The van der Waals surface area contributed by atoms with Crippen LogP contribution in [0.5, 0.6) is 0 Å². The maximum Gasteiger partial charge on any atom is 0.101 e. The van der Waals surface area contributed by atoms with E-state index in [2.05, 4.69) is 62.9 Å². The van der Waals surface area contributed by atoms with Crippen LogP contribution in [0.4, 0.5) is 0 Å². The van der Waals surface area contributed by atoms with Gasteiger partial charge in [0.1, 0.15) is 6.10 Å². The van der Waals surface area contributed by atoms with Gasteiger partial charge in [-0.3, -0.25) is 0 Å². The smallest absolute Gasteiger partial charge is 0.101 e. The second kappa shape index (κ2) is 5.40. The Labute approximate surface area is 139 Å². The first-order valence-corrected chi connectivity index (χ1v) is 8.91. The Hall–Kier alpha value is -1.76. The average molecular weight is 306 g/mol. The van der Waals surface area contributed by atoms with Crippen LogP contribution in [0.25, 0.3) is 10.8 Å². The zero-order valence-corrected chi connectivity index (χ0v) is 14.2. The van der Waals surface area contributed by atoms with Gasteiger partial charge in [0.25, 0.3) is 0 Å². The zero-order valence-electron chi connectivity index (χ0n) is 14.2. The quantitative estimate of drug-likeness (QED) is 0.659. The van der Waals surface area contributed by atoms with E-state index in [0.29, 0.717) is 23.4 Å². The molecule has 120 valence electrons. The van der Waals surface area contributed by atoms with Crippen LogP contribution < -0.4 is 0 Å². The van der Waals surface area contributed by atoms with Gasteiger partial charge in [0.2, 0.25) is 0 Å². The molecule has 0 N–H and O–H groups in total. The summed E-state index contributed by atoms with van der Waals surface area (Å²) in [7, 11) is 0. The molecular weight excluding hydrogens is 280 g/mol. The van der Waals surface area contributed by atoms with Gasteiger partial charge in [-0.1, -0.05) is 62.9 Å². The lowest BCUT2D eigenvalue weighted by Crippen LogP contribution is -2.41. The topological polar surface area (TPSA) is 9.23 Å². The van der Waals surface area contributed by atoms with Crippen LogP contribution in [0, 0.1) is 17.8 Å². The largest absolute Gasteiger partial charge is 0.498 e. The van der Waals surface area contributed by atoms with Crippen LogP contribution in [0.1, 0.15) is 38.7 Å². The summed E-state index contributed by atoms with van der Waals surface area (Å²) >= 11 is 0. The number of benzene rings is 2. The molecule has 4 atom stereocenters. The molecule has 1 nitrogen and oxygen atoms in total. The molecule has 2 fully saturated rings. The van der Waals surface area contributed by atoms with Crippen molar-refractivity contribution in [2.45, 2.75) is 44.6 Å². The Morgan fingerprint density at radius 3 is 2.61 bits per heavy atom. The van der Waals surface area contributed by atoms with E-state index in [1.807, 2.05) is 0 Å². The molecule has 1 heteroatoms. The van der Waals surface area contributed by atoms with Gasteiger partial charge in [-0.25, -0.2) is 0 Å². The standard InChI is InChI=1S/C22H26O/c1-4-23-21-13-18-12-17(21)14-22(18,15(2)3)20-11-7-9-16-8-5-6-10-19(16)20/h4-11,15,17-18,21H,1,12-14H2,2-3H3. The fourth-order valence-electron chi connectivity index (χ4n) is 5.59. The second-order valence-electron chi connectivity index (χ2n) is 7.70. The maximum atomic E-state index is 5.80. The van der Waals surface area contributed by atoms with Gasteiger partial charge >= 0.3 is 0 Å². The summed E-state index contributed by atoms with van der Waals surface area (Å²) in [5, 5.41) is 2.81. The Morgan fingerprint density at radius 1 is 1.13 bits per heavy atom. The lowest BCUT2D eigenvalue weighted by atomic mass is 9.61. The lowest BCUT2D eigenvalue weighted by Gasteiger charge is -2.44. The van der Waals surface area contributed by atoms with E-state index in [1.165, 1.54) is 30.0 Å². The minimum Gasteiger partial charge on any atom is -0.498 e. The van der Waals surface area contributed by atoms with Crippen molar-refractivity contribution >= 4 is 10.8 Å². The predicted molar refractivity (Wildman–Crippen MR) is 96.4 cm³/mol. The van der Waals surface area contributed by atoms with Gasteiger partial charge < -0.3 is 4.74 Å². The van der Waals surface area contributed by atoms with Crippen molar-refractivity contribution in [2.24, 2.45) is 17.8 Å². The Kier molecular flexibility index (Phi) is 3.48. The Bertz CT molecular complexity index is 726. The molecule has 0 spiro atoms. The van der Waals surface area contributed by atoms with E-state index in [0.717, 1.165) is 5.92 Å². The van der Waals surface area contributed by atoms with Gasteiger partial charge in [0.05, 0.1) is 6.26 Å². The monoisotopic (exact) mass is 306 g/mol. The van der Waals surface area contributed by atoms with Crippen molar-refractivity contribution in [2.75, 3.05) is 0 Å². The molecule has 4 unspecified atom stereocenters. The summed E-state index contributed by atoms with van der Waals surface area (Å²) in [6.07, 6.45) is 5.76. The molecule has 0 radical (unpaired) electrons. The molecule has 0 saturated heterocycles. The molecule has 2 aliphatic carbocycles. The van der Waals surface area contributed by atoms with Gasteiger partial charge in [-0.2, -0.15) is 0 Å². The second-order valence-corrected chi connectivity index (χ2v) is 7.70.